The maximum atomic E-state index is 12.3. The average molecular weight is 338 g/mol. The number of amides is 1. The molecular weight excluding hydrogens is 320 g/mol. The van der Waals surface area contributed by atoms with Crippen LogP contribution < -0.4 is 5.32 Å². The van der Waals surface area contributed by atoms with Crippen molar-refractivity contribution in [2.75, 3.05) is 6.26 Å². The zero-order valence-electron chi connectivity index (χ0n) is 12.7. The van der Waals surface area contributed by atoms with Gasteiger partial charge in [0.15, 0.2) is 0 Å². The number of benzene rings is 1. The van der Waals surface area contributed by atoms with Crippen LogP contribution in [0.3, 0.4) is 0 Å². The molecule has 1 aromatic rings. The molecule has 2 N–H and O–H groups in total. The number of nitrogens with one attached hydrogen (secondary N) is 1. The maximum Gasteiger partial charge on any atom is 0.335 e. The summed E-state index contributed by atoms with van der Waals surface area (Å²) in [5, 5.41) is 23.3. The Hall–Kier alpha value is -2.09. The van der Waals surface area contributed by atoms with E-state index < -0.39 is 22.5 Å². The number of carbonyl (C=O) groups is 2. The first-order valence-corrected chi connectivity index (χ1v) is 8.56. The number of nitro groups is 1. The molecule has 0 radical (unpaired) electrons. The summed E-state index contributed by atoms with van der Waals surface area (Å²) in [4.78, 5) is 33.6. The van der Waals surface area contributed by atoms with Gasteiger partial charge in [-0.15, -0.1) is 0 Å². The van der Waals surface area contributed by atoms with E-state index in [0.29, 0.717) is 5.25 Å². The third kappa shape index (κ3) is 4.44. The smallest absolute Gasteiger partial charge is 0.335 e. The van der Waals surface area contributed by atoms with Crippen LogP contribution in [0.2, 0.25) is 0 Å². The lowest BCUT2D eigenvalue weighted by molar-refractivity contribution is -0.384. The van der Waals surface area contributed by atoms with E-state index in [1.807, 2.05) is 6.26 Å². The van der Waals surface area contributed by atoms with Crippen molar-refractivity contribution in [3.05, 3.63) is 39.4 Å². The van der Waals surface area contributed by atoms with Gasteiger partial charge in [0.1, 0.15) is 0 Å². The lowest BCUT2D eigenvalue weighted by Crippen LogP contribution is -2.39. The number of carboxylic acid groups (broad SMARTS) is 1. The Balaban J connectivity index is 2.18. The van der Waals surface area contributed by atoms with Crippen LogP contribution in [-0.2, 0) is 0 Å². The Bertz CT molecular complexity index is 602. The fraction of sp³-hybridized carbons (Fsp3) is 0.467. The molecule has 1 aromatic carbocycles. The van der Waals surface area contributed by atoms with Crippen LogP contribution in [0.15, 0.2) is 18.2 Å². The molecule has 1 fully saturated rings. The highest BCUT2D eigenvalue weighted by Gasteiger charge is 2.24. The fourth-order valence-electron chi connectivity index (χ4n) is 2.73. The van der Waals surface area contributed by atoms with Gasteiger partial charge in [0.25, 0.3) is 11.6 Å². The number of hydrogen-bond donors (Lipinski definition) is 2. The molecule has 1 amide bonds. The quantitative estimate of drug-likeness (QED) is 0.631. The second kappa shape index (κ2) is 7.45. The number of thioether (sulfide) groups is 1. The molecule has 2 atom stereocenters. The number of hydrogen-bond acceptors (Lipinski definition) is 5. The molecule has 7 nitrogen and oxygen atoms in total. The molecule has 1 saturated carbocycles. The molecule has 124 valence electrons. The Kier molecular flexibility index (Phi) is 5.59. The predicted octanol–water partition coefficient (Wildman–Crippen LogP) is 2.70. The van der Waals surface area contributed by atoms with E-state index in [0.717, 1.165) is 37.8 Å². The summed E-state index contributed by atoms with van der Waals surface area (Å²) in [5.41, 5.74) is -0.668. The van der Waals surface area contributed by atoms with E-state index in [2.05, 4.69) is 5.32 Å². The second-order valence-electron chi connectivity index (χ2n) is 5.53. The molecule has 0 aromatic heterocycles. The van der Waals surface area contributed by atoms with Gasteiger partial charge in [-0.3, -0.25) is 14.9 Å². The van der Waals surface area contributed by atoms with Crippen molar-refractivity contribution >= 4 is 29.3 Å². The van der Waals surface area contributed by atoms with Gasteiger partial charge >= 0.3 is 5.97 Å². The van der Waals surface area contributed by atoms with Crippen LogP contribution in [0.25, 0.3) is 0 Å². The number of carboxylic acids is 1. The third-order valence-corrected chi connectivity index (χ3v) is 5.03. The Morgan fingerprint density at radius 2 is 2.00 bits per heavy atom. The molecule has 23 heavy (non-hydrogen) atoms. The first-order valence-electron chi connectivity index (χ1n) is 7.27. The van der Waals surface area contributed by atoms with Crippen molar-refractivity contribution in [2.24, 2.45) is 0 Å². The first kappa shape index (κ1) is 17.3. The van der Waals surface area contributed by atoms with Gasteiger partial charge in [0.2, 0.25) is 0 Å². The highest BCUT2D eigenvalue weighted by Crippen LogP contribution is 2.27. The number of carbonyl (C=O) groups excluding carboxylic acids is 1. The number of non-ortho nitro benzene ring substituents is 1. The van der Waals surface area contributed by atoms with Gasteiger partial charge in [0, 0.05) is 29.0 Å². The van der Waals surface area contributed by atoms with E-state index in [-0.39, 0.29) is 17.2 Å². The summed E-state index contributed by atoms with van der Waals surface area (Å²) in [6.07, 6.45) is 5.89. The molecule has 0 bridgehead atoms. The zero-order valence-corrected chi connectivity index (χ0v) is 13.5. The molecule has 2 unspecified atom stereocenters. The topological polar surface area (TPSA) is 110 Å². The summed E-state index contributed by atoms with van der Waals surface area (Å²) in [6, 6.07) is 3.24. The summed E-state index contributed by atoms with van der Waals surface area (Å²) in [6.45, 7) is 0. The summed E-state index contributed by atoms with van der Waals surface area (Å²) in [7, 11) is 0. The third-order valence-electron chi connectivity index (χ3n) is 3.93. The van der Waals surface area contributed by atoms with Crippen molar-refractivity contribution < 1.29 is 19.6 Å². The maximum absolute atomic E-state index is 12.3. The molecule has 1 aliphatic rings. The zero-order chi connectivity index (χ0) is 17.0. The van der Waals surface area contributed by atoms with Gasteiger partial charge in [-0.1, -0.05) is 6.42 Å². The van der Waals surface area contributed by atoms with E-state index >= 15 is 0 Å². The van der Waals surface area contributed by atoms with Crippen LogP contribution in [0.1, 0.15) is 46.4 Å². The van der Waals surface area contributed by atoms with E-state index in [1.54, 1.807) is 11.8 Å². The van der Waals surface area contributed by atoms with Crippen molar-refractivity contribution in [1.82, 2.24) is 5.32 Å². The Morgan fingerprint density at radius 1 is 1.30 bits per heavy atom. The van der Waals surface area contributed by atoms with Gasteiger partial charge in [-0.2, -0.15) is 11.8 Å². The van der Waals surface area contributed by atoms with Crippen LogP contribution in [0.5, 0.6) is 0 Å². The normalized spacial score (nSPS) is 20.7. The second-order valence-corrected chi connectivity index (χ2v) is 6.66. The van der Waals surface area contributed by atoms with Crippen molar-refractivity contribution in [1.29, 1.82) is 0 Å². The molecule has 1 aliphatic carbocycles. The number of aromatic carboxylic acids is 1. The number of nitrogens with zero attached hydrogens (tertiary/aromatic N) is 1. The molecule has 8 heteroatoms. The van der Waals surface area contributed by atoms with Crippen molar-refractivity contribution in [3.8, 4) is 0 Å². The fourth-order valence-corrected chi connectivity index (χ4v) is 3.56. The number of rotatable bonds is 5. The van der Waals surface area contributed by atoms with Gasteiger partial charge in [0.05, 0.1) is 10.5 Å². The predicted molar refractivity (Wildman–Crippen MR) is 87.1 cm³/mol. The van der Waals surface area contributed by atoms with Crippen molar-refractivity contribution in [3.63, 3.8) is 0 Å². The summed E-state index contributed by atoms with van der Waals surface area (Å²) in [5.74, 6) is -1.77. The lowest BCUT2D eigenvalue weighted by Gasteiger charge is -2.28. The van der Waals surface area contributed by atoms with Crippen LogP contribution in [0, 0.1) is 10.1 Å². The number of nitro benzene ring substituents is 1. The SMILES string of the molecule is CSC1CCCC(NC(=O)c2cc(C(=O)O)cc([N+](=O)[O-])c2)C1. The summed E-state index contributed by atoms with van der Waals surface area (Å²) < 4.78 is 0. The summed E-state index contributed by atoms with van der Waals surface area (Å²) >= 11 is 1.77. The minimum atomic E-state index is -1.30. The highest BCUT2D eigenvalue weighted by atomic mass is 32.2. The first-order chi connectivity index (χ1) is 10.9. The van der Waals surface area contributed by atoms with Crippen molar-refractivity contribution in [2.45, 2.75) is 37.0 Å². The van der Waals surface area contributed by atoms with Gasteiger partial charge in [-0.25, -0.2) is 4.79 Å². The van der Waals surface area contributed by atoms with Crippen LogP contribution in [-0.4, -0.2) is 39.5 Å². The largest absolute Gasteiger partial charge is 0.478 e. The van der Waals surface area contributed by atoms with E-state index in [1.165, 1.54) is 6.07 Å². The molecule has 0 spiro atoms. The average Bonchev–Trinajstić information content (AvgIpc) is 2.54. The molecule has 2 rings (SSSR count). The lowest BCUT2D eigenvalue weighted by atomic mass is 9.94. The van der Waals surface area contributed by atoms with Crippen LogP contribution in [0.4, 0.5) is 5.69 Å². The molecular formula is C15H18N2O5S. The van der Waals surface area contributed by atoms with Crippen LogP contribution >= 0.6 is 11.8 Å². The minimum Gasteiger partial charge on any atom is -0.478 e. The molecule has 0 heterocycles. The van der Waals surface area contributed by atoms with Gasteiger partial charge in [-0.05, 0) is 31.6 Å². The minimum absolute atomic E-state index is 0.00266. The standard InChI is InChI=1S/C15H18N2O5S/c1-23-13-4-2-3-11(8-13)16-14(18)9-5-10(15(19)20)7-12(6-9)17(21)22/h5-7,11,13H,2-4,8H2,1H3,(H,16,18)(H,19,20). The Morgan fingerprint density at radius 3 is 2.61 bits per heavy atom. The van der Waals surface area contributed by atoms with Gasteiger partial charge < -0.3 is 10.4 Å². The Labute approximate surface area is 137 Å². The monoisotopic (exact) mass is 338 g/mol. The van der Waals surface area contributed by atoms with E-state index in [4.69, 9.17) is 5.11 Å². The highest BCUT2D eigenvalue weighted by molar-refractivity contribution is 7.99. The molecule has 0 aliphatic heterocycles. The van der Waals surface area contributed by atoms with E-state index in [9.17, 15) is 19.7 Å². The molecule has 0 saturated heterocycles.